The highest BCUT2D eigenvalue weighted by Crippen LogP contribution is 2.31. The van der Waals surface area contributed by atoms with Crippen molar-refractivity contribution in [2.24, 2.45) is 0 Å². The Morgan fingerprint density at radius 1 is 1.47 bits per heavy atom. The van der Waals surface area contributed by atoms with E-state index in [0.717, 1.165) is 0 Å². The van der Waals surface area contributed by atoms with Gasteiger partial charge in [-0.3, -0.25) is 0 Å². The van der Waals surface area contributed by atoms with Gasteiger partial charge in [0.15, 0.2) is 0 Å². The Bertz CT molecular complexity index is 585. The van der Waals surface area contributed by atoms with Gasteiger partial charge in [-0.1, -0.05) is 0 Å². The minimum absolute atomic E-state index is 0.124. The highest BCUT2D eigenvalue weighted by molar-refractivity contribution is 9.10. The Hall–Kier alpha value is -0.630. The van der Waals surface area contributed by atoms with Crippen molar-refractivity contribution in [2.45, 2.75) is 23.8 Å². The van der Waals surface area contributed by atoms with Gasteiger partial charge >= 0.3 is 0 Å². The van der Waals surface area contributed by atoms with Gasteiger partial charge in [0.25, 0.3) is 0 Å². The van der Waals surface area contributed by atoms with Crippen LogP contribution in [-0.4, -0.2) is 43.6 Å². The molecule has 106 valence electrons. The largest absolute Gasteiger partial charge is 0.496 e. The maximum absolute atomic E-state index is 12.4. The van der Waals surface area contributed by atoms with Crippen LogP contribution in [0.15, 0.2) is 27.6 Å². The minimum Gasteiger partial charge on any atom is -0.496 e. The third-order valence-corrected chi connectivity index (χ3v) is 5.64. The summed E-state index contributed by atoms with van der Waals surface area (Å²) in [6, 6.07) is 4.62. The van der Waals surface area contributed by atoms with E-state index in [1.54, 1.807) is 13.0 Å². The van der Waals surface area contributed by atoms with Gasteiger partial charge in [0.05, 0.1) is 22.1 Å². The second-order valence-corrected chi connectivity index (χ2v) is 7.67. The van der Waals surface area contributed by atoms with Crippen molar-refractivity contribution < 1.29 is 18.3 Å². The number of hydrogen-bond donors (Lipinski definition) is 1. The van der Waals surface area contributed by atoms with Crippen molar-refractivity contribution in [3.05, 3.63) is 22.7 Å². The molecule has 1 aromatic carbocycles. The molecule has 1 heterocycles. The van der Waals surface area contributed by atoms with E-state index in [1.165, 1.54) is 23.5 Å². The summed E-state index contributed by atoms with van der Waals surface area (Å²) in [5, 5.41) is 9.88. The fourth-order valence-corrected chi connectivity index (χ4v) is 4.34. The van der Waals surface area contributed by atoms with Crippen LogP contribution in [0.4, 0.5) is 0 Å². The average molecular weight is 350 g/mol. The summed E-state index contributed by atoms with van der Waals surface area (Å²) in [5.74, 6) is 0.576. The number of methoxy groups -OCH3 is 1. The topological polar surface area (TPSA) is 66.8 Å². The monoisotopic (exact) mass is 349 g/mol. The minimum atomic E-state index is -3.57. The summed E-state index contributed by atoms with van der Waals surface area (Å²) >= 11 is 3.27. The molecule has 1 aliphatic rings. The van der Waals surface area contributed by atoms with Gasteiger partial charge in [0.2, 0.25) is 10.0 Å². The summed E-state index contributed by atoms with van der Waals surface area (Å²) < 4.78 is 31.8. The van der Waals surface area contributed by atoms with Gasteiger partial charge in [0.1, 0.15) is 5.75 Å². The van der Waals surface area contributed by atoms with Crippen LogP contribution in [0.3, 0.4) is 0 Å². The summed E-state index contributed by atoms with van der Waals surface area (Å²) in [5.41, 5.74) is -0.948. The molecule has 1 fully saturated rings. The standard InChI is InChI=1S/C12H16BrNO4S/c1-12(15)5-6-14(8-12)19(16,17)9-3-4-11(18-2)10(13)7-9/h3-4,7,15H,5-6,8H2,1-2H3. The fourth-order valence-electron chi connectivity index (χ4n) is 2.07. The van der Waals surface area contributed by atoms with Gasteiger partial charge in [-0.25, -0.2) is 8.42 Å². The molecule has 7 heteroatoms. The molecule has 19 heavy (non-hydrogen) atoms. The van der Waals surface area contributed by atoms with Crippen LogP contribution in [0, 0.1) is 0 Å². The van der Waals surface area contributed by atoms with Crippen molar-refractivity contribution in [3.63, 3.8) is 0 Å². The Labute approximate surface area is 121 Å². The zero-order valence-corrected chi connectivity index (χ0v) is 13.2. The second-order valence-electron chi connectivity index (χ2n) is 4.88. The van der Waals surface area contributed by atoms with Crippen LogP contribution < -0.4 is 4.74 Å². The number of rotatable bonds is 3. The van der Waals surface area contributed by atoms with Crippen molar-refractivity contribution in [1.82, 2.24) is 4.31 Å². The Morgan fingerprint density at radius 2 is 2.16 bits per heavy atom. The fraction of sp³-hybridized carbons (Fsp3) is 0.500. The molecule has 1 aromatic rings. The Balaban J connectivity index is 2.33. The van der Waals surface area contributed by atoms with Gasteiger partial charge in [0, 0.05) is 13.1 Å². The molecule has 1 aliphatic heterocycles. The number of ether oxygens (including phenoxy) is 1. The zero-order valence-electron chi connectivity index (χ0n) is 10.8. The van der Waals surface area contributed by atoms with Crippen LogP contribution in [-0.2, 0) is 10.0 Å². The lowest BCUT2D eigenvalue weighted by Crippen LogP contribution is -2.33. The molecule has 0 saturated carbocycles. The van der Waals surface area contributed by atoms with Crippen LogP contribution >= 0.6 is 15.9 Å². The van der Waals surface area contributed by atoms with E-state index in [2.05, 4.69) is 15.9 Å². The Kier molecular flexibility index (Phi) is 3.92. The van der Waals surface area contributed by atoms with Crippen molar-refractivity contribution in [2.75, 3.05) is 20.2 Å². The van der Waals surface area contributed by atoms with Gasteiger partial charge in [-0.15, -0.1) is 0 Å². The molecule has 2 rings (SSSR count). The molecule has 1 N–H and O–H groups in total. The number of benzene rings is 1. The quantitative estimate of drug-likeness (QED) is 0.899. The molecule has 1 unspecified atom stereocenters. The highest BCUT2D eigenvalue weighted by atomic mass is 79.9. The van der Waals surface area contributed by atoms with E-state index in [1.807, 2.05) is 0 Å². The molecule has 1 saturated heterocycles. The average Bonchev–Trinajstić information content (AvgIpc) is 2.70. The maximum Gasteiger partial charge on any atom is 0.243 e. The predicted octanol–water partition coefficient (Wildman–Crippen LogP) is 1.60. The predicted molar refractivity (Wildman–Crippen MR) is 74.7 cm³/mol. The first kappa shape index (κ1) is 14.8. The van der Waals surface area contributed by atoms with Crippen molar-refractivity contribution >= 4 is 26.0 Å². The highest BCUT2D eigenvalue weighted by Gasteiger charge is 2.38. The van der Waals surface area contributed by atoms with E-state index >= 15 is 0 Å². The molecular formula is C12H16BrNO4S. The summed E-state index contributed by atoms with van der Waals surface area (Å²) in [7, 11) is -2.05. The smallest absolute Gasteiger partial charge is 0.243 e. The third kappa shape index (κ3) is 2.94. The van der Waals surface area contributed by atoms with E-state index in [-0.39, 0.29) is 11.4 Å². The zero-order chi connectivity index (χ0) is 14.3. The van der Waals surface area contributed by atoms with E-state index in [9.17, 15) is 13.5 Å². The number of halogens is 1. The normalized spacial score (nSPS) is 24.6. The molecule has 1 atom stereocenters. The Morgan fingerprint density at radius 3 is 2.63 bits per heavy atom. The lowest BCUT2D eigenvalue weighted by molar-refractivity contribution is 0.0762. The van der Waals surface area contributed by atoms with E-state index in [0.29, 0.717) is 23.2 Å². The van der Waals surface area contributed by atoms with E-state index in [4.69, 9.17) is 4.74 Å². The molecule has 0 aromatic heterocycles. The SMILES string of the molecule is COc1ccc(S(=O)(=O)N2CCC(C)(O)C2)cc1Br. The van der Waals surface area contributed by atoms with Crippen molar-refractivity contribution in [3.8, 4) is 5.75 Å². The van der Waals surface area contributed by atoms with Crippen LogP contribution in [0.25, 0.3) is 0 Å². The van der Waals surface area contributed by atoms with Crippen LogP contribution in [0.2, 0.25) is 0 Å². The molecule has 0 amide bonds. The molecule has 0 spiro atoms. The maximum atomic E-state index is 12.4. The molecule has 0 bridgehead atoms. The molecule has 0 radical (unpaired) electrons. The second kappa shape index (κ2) is 5.05. The first-order valence-corrected chi connectivity index (χ1v) is 8.06. The third-order valence-electron chi connectivity index (χ3n) is 3.18. The lowest BCUT2D eigenvalue weighted by atomic mass is 10.1. The first-order valence-electron chi connectivity index (χ1n) is 5.82. The first-order chi connectivity index (χ1) is 8.76. The number of β-amino-alcohol motifs (C(OH)–C–C–N with tert-alkyl or cyclic N) is 1. The molecule has 0 aliphatic carbocycles. The summed E-state index contributed by atoms with van der Waals surface area (Å²) in [4.78, 5) is 0.192. The van der Waals surface area contributed by atoms with Crippen molar-refractivity contribution in [1.29, 1.82) is 0 Å². The van der Waals surface area contributed by atoms with Gasteiger partial charge in [-0.05, 0) is 47.5 Å². The number of aliphatic hydroxyl groups is 1. The van der Waals surface area contributed by atoms with Crippen LogP contribution in [0.1, 0.15) is 13.3 Å². The number of hydrogen-bond acceptors (Lipinski definition) is 4. The van der Waals surface area contributed by atoms with Crippen LogP contribution in [0.5, 0.6) is 5.75 Å². The van der Waals surface area contributed by atoms with Gasteiger partial charge < -0.3 is 9.84 Å². The number of nitrogens with zero attached hydrogens (tertiary/aromatic N) is 1. The summed E-state index contributed by atoms with van der Waals surface area (Å²) in [6.45, 7) is 2.10. The van der Waals surface area contributed by atoms with Gasteiger partial charge in [-0.2, -0.15) is 4.31 Å². The molecular weight excluding hydrogens is 334 g/mol. The molecule has 5 nitrogen and oxygen atoms in total. The number of sulfonamides is 1. The lowest BCUT2D eigenvalue weighted by Gasteiger charge is -2.19. The summed E-state index contributed by atoms with van der Waals surface area (Å²) in [6.07, 6.45) is 0.448. The van der Waals surface area contributed by atoms with E-state index < -0.39 is 15.6 Å².